The molecular formula is C30H30MnN4O. The van der Waals surface area contributed by atoms with Crippen molar-refractivity contribution in [1.82, 2.24) is 19.9 Å². The number of H-pyrrole nitrogens is 2. The number of ketones is 1. The van der Waals surface area contributed by atoms with E-state index >= 15 is 0 Å². The maximum absolute atomic E-state index is 11.6. The fourth-order valence-electron chi connectivity index (χ4n) is 5.85. The topological polar surface area (TPSA) is 74.4 Å². The van der Waals surface area contributed by atoms with Crippen molar-refractivity contribution in [3.8, 4) is 0 Å². The molecule has 0 saturated heterocycles. The number of aromatic nitrogens is 4. The Labute approximate surface area is 221 Å². The summed E-state index contributed by atoms with van der Waals surface area (Å²) >= 11 is 0. The minimum Gasteiger partial charge on any atom is -0.355 e. The molecule has 183 valence electrons. The third kappa shape index (κ3) is 4.29. The zero-order valence-electron chi connectivity index (χ0n) is 20.8. The van der Waals surface area contributed by atoms with Gasteiger partial charge in [-0.25, -0.2) is 9.97 Å². The molecule has 2 unspecified atom stereocenters. The second-order valence-electron chi connectivity index (χ2n) is 10.8. The average Bonchev–Trinajstić information content (AvgIpc) is 3.64. The van der Waals surface area contributed by atoms with Crippen molar-refractivity contribution in [3.05, 3.63) is 71.3 Å². The van der Waals surface area contributed by atoms with Gasteiger partial charge in [0.05, 0.1) is 22.8 Å². The van der Waals surface area contributed by atoms with Crippen molar-refractivity contribution >= 4 is 52.2 Å². The summed E-state index contributed by atoms with van der Waals surface area (Å²) in [6, 6.07) is 16.4. The molecule has 5 nitrogen and oxygen atoms in total. The van der Waals surface area contributed by atoms with Crippen LogP contribution in [-0.4, -0.2) is 25.7 Å². The second-order valence-corrected chi connectivity index (χ2v) is 10.8. The summed E-state index contributed by atoms with van der Waals surface area (Å²) in [5.41, 5.74) is 8.17. The van der Waals surface area contributed by atoms with Crippen molar-refractivity contribution in [2.24, 2.45) is 16.7 Å². The van der Waals surface area contributed by atoms with Gasteiger partial charge in [-0.05, 0) is 97.0 Å². The molecule has 0 spiro atoms. The van der Waals surface area contributed by atoms with Crippen LogP contribution in [0.2, 0.25) is 0 Å². The molecule has 4 aliphatic rings. The van der Waals surface area contributed by atoms with Crippen LogP contribution >= 0.6 is 0 Å². The molecule has 5 heterocycles. The average molecular weight is 518 g/mol. The monoisotopic (exact) mass is 517 g/mol. The van der Waals surface area contributed by atoms with Gasteiger partial charge in [0.1, 0.15) is 5.78 Å². The predicted molar refractivity (Wildman–Crippen MR) is 143 cm³/mol. The number of carbonyl (C=O) groups is 1. The van der Waals surface area contributed by atoms with Gasteiger partial charge in [-0.15, -0.1) is 0 Å². The summed E-state index contributed by atoms with van der Waals surface area (Å²) in [6.45, 7) is 6.67. The number of carbonyl (C=O) groups excluding carboxylic acids is 1. The zero-order chi connectivity index (χ0) is 24.2. The van der Waals surface area contributed by atoms with E-state index in [1.165, 1.54) is 6.42 Å². The van der Waals surface area contributed by atoms with Gasteiger partial charge in [0.15, 0.2) is 0 Å². The molecule has 7 rings (SSSR count). The van der Waals surface area contributed by atoms with Gasteiger partial charge in [-0.1, -0.05) is 20.8 Å². The van der Waals surface area contributed by atoms with E-state index in [1.807, 2.05) is 42.5 Å². The third-order valence-corrected chi connectivity index (χ3v) is 8.52. The molecular weight excluding hydrogens is 487 g/mol. The largest absolute Gasteiger partial charge is 0.355 e. The normalized spacial score (nSPS) is 22.8. The summed E-state index contributed by atoms with van der Waals surface area (Å²) in [4.78, 5) is 27.6. The molecule has 2 N–H and O–H groups in total. The molecule has 3 aromatic heterocycles. The van der Waals surface area contributed by atoms with Gasteiger partial charge in [0.25, 0.3) is 0 Å². The number of rotatable bonds is 0. The minimum atomic E-state index is 0. The summed E-state index contributed by atoms with van der Waals surface area (Å²) in [6.07, 6.45) is 11.3. The van der Waals surface area contributed by atoms with Crippen molar-refractivity contribution in [2.45, 2.75) is 40.0 Å². The standard InChI is InChI=1S/C20H14N4.C10H16O.Mn/c1-2-14-10-16-5-6-18(23-16)12-20-8-7-19(24-20)11-17-4-3-15(22-17)9-13(1)21-14;1-9(2)7-4-5-10(9,3)8(11)6-7;/h1-12,21-22H;7H,4-6H2,1-3H3;. The molecule has 2 aliphatic heterocycles. The molecule has 36 heavy (non-hydrogen) atoms. The number of fused-ring (bicyclic) bond motifs is 10. The molecule has 2 fully saturated rings. The van der Waals surface area contributed by atoms with Crippen molar-refractivity contribution in [3.63, 3.8) is 0 Å². The molecule has 0 amide bonds. The van der Waals surface area contributed by atoms with Crippen molar-refractivity contribution in [2.75, 3.05) is 0 Å². The SMILES string of the molecule is C1=Cc2cc3ccc(cc4ccc(cc5nc(cc1n2)C=C5)[nH]4)[nH]3.CC12CCC(CC1=O)C2(C)C.[Mn]. The first-order valence-corrected chi connectivity index (χ1v) is 12.4. The first-order valence-electron chi connectivity index (χ1n) is 12.4. The number of aromatic amines is 2. The van der Waals surface area contributed by atoms with Crippen LogP contribution in [0.5, 0.6) is 0 Å². The van der Waals surface area contributed by atoms with Crippen LogP contribution in [0.1, 0.15) is 62.8 Å². The Balaban J connectivity index is 0.000000188. The number of nitrogens with zero attached hydrogens (tertiary/aromatic N) is 2. The van der Waals surface area contributed by atoms with Gasteiger partial charge < -0.3 is 9.97 Å². The van der Waals surface area contributed by atoms with Crippen LogP contribution in [-0.2, 0) is 21.9 Å². The van der Waals surface area contributed by atoms with Crippen molar-refractivity contribution in [1.29, 1.82) is 0 Å². The van der Waals surface area contributed by atoms with Crippen LogP contribution in [0.15, 0.2) is 48.5 Å². The van der Waals surface area contributed by atoms with Gasteiger partial charge in [-0.3, -0.25) is 4.79 Å². The number of nitrogens with one attached hydrogen (secondary N) is 2. The summed E-state index contributed by atoms with van der Waals surface area (Å²) in [7, 11) is 0. The Morgan fingerprint density at radius 1 is 0.722 bits per heavy atom. The number of hydrogen-bond donors (Lipinski definition) is 2. The van der Waals surface area contributed by atoms with Gasteiger partial charge >= 0.3 is 0 Å². The Morgan fingerprint density at radius 3 is 1.53 bits per heavy atom. The van der Waals surface area contributed by atoms with Crippen LogP contribution in [0.4, 0.5) is 0 Å². The summed E-state index contributed by atoms with van der Waals surface area (Å²) < 4.78 is 0. The molecule has 6 heteroatoms. The van der Waals surface area contributed by atoms with Crippen LogP contribution in [0, 0.1) is 16.7 Å². The molecule has 0 aromatic carbocycles. The Morgan fingerprint density at radius 2 is 1.17 bits per heavy atom. The quantitative estimate of drug-likeness (QED) is 0.216. The summed E-state index contributed by atoms with van der Waals surface area (Å²) in [5, 5.41) is 0. The van der Waals surface area contributed by atoms with Gasteiger partial charge in [-0.2, -0.15) is 0 Å². The molecule has 10 bridgehead atoms. The maximum atomic E-state index is 11.6. The van der Waals surface area contributed by atoms with E-state index in [0.717, 1.165) is 57.7 Å². The van der Waals surface area contributed by atoms with E-state index in [2.05, 4.69) is 71.0 Å². The molecule has 1 radical (unpaired) electrons. The van der Waals surface area contributed by atoms with E-state index in [4.69, 9.17) is 0 Å². The molecule has 3 aromatic rings. The van der Waals surface area contributed by atoms with E-state index < -0.39 is 0 Å². The number of Topliss-reactive ketones (excluding diaryl/α,β-unsaturated/α-hetero) is 1. The van der Waals surface area contributed by atoms with E-state index in [9.17, 15) is 4.79 Å². The van der Waals surface area contributed by atoms with E-state index in [0.29, 0.717) is 11.7 Å². The van der Waals surface area contributed by atoms with Crippen LogP contribution < -0.4 is 0 Å². The zero-order valence-corrected chi connectivity index (χ0v) is 22.0. The van der Waals surface area contributed by atoms with Crippen LogP contribution in [0.25, 0.3) is 46.4 Å². The Kier molecular flexibility index (Phi) is 6.14. The molecule has 2 saturated carbocycles. The smallest absolute Gasteiger partial charge is 0.139 e. The first-order chi connectivity index (χ1) is 16.8. The van der Waals surface area contributed by atoms with Crippen LogP contribution in [0.3, 0.4) is 0 Å². The van der Waals surface area contributed by atoms with E-state index in [-0.39, 0.29) is 27.9 Å². The van der Waals surface area contributed by atoms with Gasteiger partial charge in [0, 0.05) is 51.0 Å². The summed E-state index contributed by atoms with van der Waals surface area (Å²) in [5.74, 6) is 1.19. The predicted octanol–water partition coefficient (Wildman–Crippen LogP) is 7.05. The van der Waals surface area contributed by atoms with Crippen molar-refractivity contribution < 1.29 is 21.9 Å². The second kappa shape index (κ2) is 9.02. The maximum Gasteiger partial charge on any atom is 0.139 e. The third-order valence-electron chi connectivity index (χ3n) is 8.52. The Hall–Kier alpha value is -3.21. The van der Waals surface area contributed by atoms with Gasteiger partial charge in [0.2, 0.25) is 0 Å². The Bertz CT molecular complexity index is 1470. The number of hydrogen-bond acceptors (Lipinski definition) is 3. The van der Waals surface area contributed by atoms with E-state index in [1.54, 1.807) is 0 Å². The molecule has 2 aliphatic carbocycles. The fraction of sp³-hybridized carbons (Fsp3) is 0.300. The minimum absolute atomic E-state index is 0. The first kappa shape index (κ1) is 24.5. The fourth-order valence-corrected chi connectivity index (χ4v) is 5.85. The molecule has 2 atom stereocenters.